The number of para-hydroxylation sites is 1. The van der Waals surface area contributed by atoms with Gasteiger partial charge in [-0.25, -0.2) is 0 Å². The standard InChI is InChI=1S/C34H35BO3/c1-32(2)33(3,4)38-35(37-32)28-11-7-9-25-26-13-12-24-23-8-5-6-10-27(23)34(29(24)31(26)36-30(25)28)21-15-19-14-20(17-21)18-22(34)16-19/h5-13,19-22H,14-18H2,1-4H3. The smallest absolute Gasteiger partial charge is 0.456 e. The van der Waals surface area contributed by atoms with Crippen molar-refractivity contribution in [3.63, 3.8) is 0 Å². The summed E-state index contributed by atoms with van der Waals surface area (Å²) in [5, 5.41) is 2.41. The molecule has 0 amide bonds. The highest BCUT2D eigenvalue weighted by molar-refractivity contribution is 6.65. The summed E-state index contributed by atoms with van der Waals surface area (Å²) in [4.78, 5) is 0. The zero-order valence-corrected chi connectivity index (χ0v) is 22.8. The van der Waals surface area contributed by atoms with E-state index in [1.54, 1.807) is 5.56 Å². The van der Waals surface area contributed by atoms with Crippen LogP contribution in [0.3, 0.4) is 0 Å². The van der Waals surface area contributed by atoms with Gasteiger partial charge >= 0.3 is 7.12 Å². The van der Waals surface area contributed by atoms with Crippen molar-refractivity contribution < 1.29 is 13.7 Å². The van der Waals surface area contributed by atoms with Gasteiger partial charge in [0.25, 0.3) is 0 Å². The fourth-order valence-corrected chi connectivity index (χ4v) is 9.66. The summed E-state index contributed by atoms with van der Waals surface area (Å²) >= 11 is 0. The van der Waals surface area contributed by atoms with Crippen LogP contribution in [0, 0.1) is 23.7 Å². The highest BCUT2D eigenvalue weighted by Crippen LogP contribution is 2.70. The Morgan fingerprint density at radius 2 is 1.32 bits per heavy atom. The van der Waals surface area contributed by atoms with Crippen LogP contribution in [0.2, 0.25) is 0 Å². The monoisotopic (exact) mass is 502 g/mol. The number of benzene rings is 3. The van der Waals surface area contributed by atoms with Gasteiger partial charge in [0, 0.05) is 27.2 Å². The third kappa shape index (κ3) is 2.51. The molecule has 3 aromatic carbocycles. The van der Waals surface area contributed by atoms with Gasteiger partial charge in [-0.1, -0.05) is 48.5 Å². The number of furan rings is 1. The number of hydrogen-bond acceptors (Lipinski definition) is 3. The predicted molar refractivity (Wildman–Crippen MR) is 153 cm³/mol. The van der Waals surface area contributed by atoms with Crippen molar-refractivity contribution in [3.8, 4) is 11.1 Å². The first-order chi connectivity index (χ1) is 18.3. The van der Waals surface area contributed by atoms with Crippen molar-refractivity contribution in [1.29, 1.82) is 0 Å². The van der Waals surface area contributed by atoms with Crippen LogP contribution >= 0.6 is 0 Å². The number of rotatable bonds is 1. The first kappa shape index (κ1) is 22.3. The van der Waals surface area contributed by atoms with Gasteiger partial charge in [-0.2, -0.15) is 0 Å². The summed E-state index contributed by atoms with van der Waals surface area (Å²) in [7, 11) is -0.440. The van der Waals surface area contributed by atoms with Crippen molar-refractivity contribution in [1.82, 2.24) is 0 Å². The summed E-state index contributed by atoms with van der Waals surface area (Å²) in [6, 6.07) is 20.5. The van der Waals surface area contributed by atoms with Gasteiger partial charge in [-0.05, 0) is 106 Å². The van der Waals surface area contributed by atoms with Gasteiger partial charge in [-0.3, -0.25) is 0 Å². The van der Waals surface area contributed by atoms with Gasteiger partial charge in [0.2, 0.25) is 0 Å². The van der Waals surface area contributed by atoms with Crippen LogP contribution in [0.4, 0.5) is 0 Å². The van der Waals surface area contributed by atoms with Crippen molar-refractivity contribution in [2.75, 3.05) is 0 Å². The second-order valence-electron chi connectivity index (χ2n) is 14.0. The van der Waals surface area contributed by atoms with E-state index in [1.807, 2.05) is 0 Å². The Kier molecular flexibility index (Phi) is 4.08. The molecule has 4 bridgehead atoms. The Hall–Kier alpha value is -2.56. The van der Waals surface area contributed by atoms with Crippen LogP contribution in [0.1, 0.15) is 70.9 Å². The molecule has 6 aliphatic rings. The van der Waals surface area contributed by atoms with Gasteiger partial charge in [0.05, 0.1) is 11.2 Å². The molecule has 38 heavy (non-hydrogen) atoms. The van der Waals surface area contributed by atoms with E-state index in [0.29, 0.717) is 11.8 Å². The normalized spacial score (nSPS) is 33.5. The second kappa shape index (κ2) is 6.95. The van der Waals surface area contributed by atoms with Crippen molar-refractivity contribution in [2.45, 2.75) is 76.4 Å². The van der Waals surface area contributed by atoms with E-state index in [-0.39, 0.29) is 16.6 Å². The van der Waals surface area contributed by atoms with Crippen LogP contribution in [0.25, 0.3) is 33.1 Å². The molecule has 0 unspecified atom stereocenters. The van der Waals surface area contributed by atoms with Gasteiger partial charge in [0.1, 0.15) is 11.2 Å². The lowest BCUT2D eigenvalue weighted by molar-refractivity contribution is -0.0396. The summed E-state index contributed by atoms with van der Waals surface area (Å²) in [5.41, 5.74) is 8.22. The molecule has 2 heterocycles. The largest absolute Gasteiger partial charge is 0.498 e. The van der Waals surface area contributed by atoms with E-state index in [2.05, 4.69) is 82.3 Å². The lowest BCUT2D eigenvalue weighted by Crippen LogP contribution is -2.55. The highest BCUT2D eigenvalue weighted by Gasteiger charge is 2.62. The molecular weight excluding hydrogens is 467 g/mol. The summed E-state index contributed by atoms with van der Waals surface area (Å²) in [6.07, 6.45) is 6.95. The molecule has 4 saturated carbocycles. The van der Waals surface area contributed by atoms with Crippen LogP contribution in [-0.2, 0) is 14.7 Å². The molecular formula is C34H35BO3. The maximum Gasteiger partial charge on any atom is 0.498 e. The first-order valence-corrected chi connectivity index (χ1v) is 14.7. The number of hydrogen-bond donors (Lipinski definition) is 0. The molecule has 3 nitrogen and oxygen atoms in total. The lowest BCUT2D eigenvalue weighted by Gasteiger charge is -2.61. The Balaban J connectivity index is 1.32. The Morgan fingerprint density at radius 3 is 2.03 bits per heavy atom. The molecule has 1 aliphatic heterocycles. The summed E-state index contributed by atoms with van der Waals surface area (Å²) in [5.74, 6) is 3.26. The van der Waals surface area contributed by atoms with Crippen LogP contribution < -0.4 is 5.46 Å². The molecule has 1 aromatic heterocycles. The molecule has 10 rings (SSSR count). The maximum absolute atomic E-state index is 7.08. The van der Waals surface area contributed by atoms with E-state index in [1.165, 1.54) is 59.6 Å². The van der Waals surface area contributed by atoms with E-state index in [9.17, 15) is 0 Å². The zero-order valence-electron chi connectivity index (χ0n) is 22.8. The molecule has 1 spiro atoms. The van der Waals surface area contributed by atoms with E-state index in [4.69, 9.17) is 13.7 Å². The zero-order chi connectivity index (χ0) is 25.6. The summed E-state index contributed by atoms with van der Waals surface area (Å²) in [6.45, 7) is 8.47. The molecule has 4 heteroatoms. The molecule has 0 atom stereocenters. The van der Waals surface area contributed by atoms with E-state index < -0.39 is 7.12 Å². The average Bonchev–Trinajstić information content (AvgIpc) is 3.47. The predicted octanol–water partition coefficient (Wildman–Crippen LogP) is 7.61. The molecule has 0 N–H and O–H groups in total. The van der Waals surface area contributed by atoms with E-state index in [0.717, 1.165) is 28.5 Å². The number of fused-ring (bicyclic) bond motifs is 7. The highest BCUT2D eigenvalue weighted by atomic mass is 16.7. The third-order valence-electron chi connectivity index (χ3n) is 11.7. The Morgan fingerprint density at radius 1 is 0.658 bits per heavy atom. The van der Waals surface area contributed by atoms with Gasteiger partial charge in [-0.15, -0.1) is 0 Å². The molecule has 5 fully saturated rings. The average molecular weight is 502 g/mol. The van der Waals surface area contributed by atoms with Crippen molar-refractivity contribution >= 4 is 34.5 Å². The topological polar surface area (TPSA) is 31.6 Å². The van der Waals surface area contributed by atoms with Crippen LogP contribution in [-0.4, -0.2) is 18.3 Å². The van der Waals surface area contributed by atoms with E-state index >= 15 is 0 Å². The van der Waals surface area contributed by atoms with Gasteiger partial charge < -0.3 is 13.7 Å². The van der Waals surface area contributed by atoms with Crippen molar-refractivity contribution in [3.05, 3.63) is 65.7 Å². The molecule has 5 aliphatic carbocycles. The van der Waals surface area contributed by atoms with Crippen molar-refractivity contribution in [2.24, 2.45) is 23.7 Å². The minimum atomic E-state index is -0.440. The SMILES string of the molecule is CC1(C)OB(c2cccc3c2oc2c4c(ccc23)-c2ccccc2C42C3CC4CC(C3)CC2C4)OC1(C)C. The lowest BCUT2D eigenvalue weighted by atomic mass is 9.43. The second-order valence-corrected chi connectivity index (χ2v) is 14.0. The Labute approximate surface area is 225 Å². The van der Waals surface area contributed by atoms with Gasteiger partial charge in [0.15, 0.2) is 0 Å². The van der Waals surface area contributed by atoms with Crippen LogP contribution in [0.5, 0.6) is 0 Å². The third-order valence-corrected chi connectivity index (χ3v) is 11.7. The van der Waals surface area contributed by atoms with Crippen LogP contribution in [0.15, 0.2) is 59.0 Å². The quantitative estimate of drug-likeness (QED) is 0.251. The molecule has 1 saturated heterocycles. The maximum atomic E-state index is 7.08. The fraction of sp³-hybridized carbons (Fsp3) is 0.471. The summed E-state index contributed by atoms with van der Waals surface area (Å²) < 4.78 is 20.1. The Bertz CT molecular complexity index is 1620. The first-order valence-electron chi connectivity index (χ1n) is 14.7. The molecule has 4 aromatic rings. The fourth-order valence-electron chi connectivity index (χ4n) is 9.66. The molecule has 0 radical (unpaired) electrons. The molecule has 192 valence electrons. The minimum absolute atomic E-state index is 0.0806. The minimum Gasteiger partial charge on any atom is -0.456 e.